The number of carbonyl (C=O) groups is 1. The van der Waals surface area contributed by atoms with Crippen molar-refractivity contribution in [1.29, 1.82) is 0 Å². The Morgan fingerprint density at radius 3 is 2.80 bits per heavy atom. The van der Waals surface area contributed by atoms with E-state index in [1.54, 1.807) is 11.3 Å². The van der Waals surface area contributed by atoms with Crippen LogP contribution in [0.2, 0.25) is 0 Å². The van der Waals surface area contributed by atoms with Crippen LogP contribution < -0.4 is 0 Å². The van der Waals surface area contributed by atoms with E-state index in [0.717, 1.165) is 17.7 Å². The molecule has 1 amide bonds. The minimum atomic E-state index is 0.166. The Morgan fingerprint density at radius 2 is 2.04 bits per heavy atom. The molecule has 2 aromatic heterocycles. The minimum Gasteiger partial charge on any atom is -0.341 e. The van der Waals surface area contributed by atoms with Crippen LogP contribution in [0.25, 0.3) is 10.7 Å². The zero-order valence-electron chi connectivity index (χ0n) is 13.8. The number of hydrogen-bond donors (Lipinski definition) is 0. The molecule has 1 saturated heterocycles. The summed E-state index contributed by atoms with van der Waals surface area (Å²) in [5.74, 6) is 1.65. The van der Waals surface area contributed by atoms with Crippen molar-refractivity contribution in [2.75, 3.05) is 13.1 Å². The third kappa shape index (κ3) is 3.64. The number of aromatic nitrogens is 2. The summed E-state index contributed by atoms with van der Waals surface area (Å²) in [6, 6.07) is 14.2. The normalized spacial score (nSPS) is 14.5. The van der Waals surface area contributed by atoms with Crippen LogP contribution >= 0.6 is 11.3 Å². The number of carbonyl (C=O) groups excluding carboxylic acids is 1. The van der Waals surface area contributed by atoms with Crippen LogP contribution in [0.1, 0.15) is 30.2 Å². The van der Waals surface area contributed by atoms with Gasteiger partial charge in [-0.1, -0.05) is 41.6 Å². The SMILES string of the molecule is O=C(CCCc1ccccc1)N1CC(c2nc(-c3cccs3)no2)C1. The summed E-state index contributed by atoms with van der Waals surface area (Å²) in [5, 5.41) is 6.03. The average Bonchev–Trinajstić information content (AvgIpc) is 3.26. The number of nitrogens with zero attached hydrogens (tertiary/aromatic N) is 3. The Kier molecular flexibility index (Phi) is 4.61. The lowest BCUT2D eigenvalue weighted by atomic mass is 9.99. The molecule has 128 valence electrons. The van der Waals surface area contributed by atoms with Crippen molar-refractivity contribution in [3.05, 3.63) is 59.3 Å². The molecule has 1 aliphatic heterocycles. The summed E-state index contributed by atoms with van der Waals surface area (Å²) in [7, 11) is 0. The standard InChI is InChI=1S/C19H19N3O2S/c23-17(10-4-8-14-6-2-1-3-7-14)22-12-15(13-22)19-20-18(21-24-19)16-9-5-11-25-16/h1-3,5-7,9,11,15H,4,8,10,12-13H2. The van der Waals surface area contributed by atoms with Crippen LogP contribution in [0.5, 0.6) is 0 Å². The molecule has 3 heterocycles. The number of amides is 1. The van der Waals surface area contributed by atoms with E-state index in [2.05, 4.69) is 22.3 Å². The van der Waals surface area contributed by atoms with E-state index >= 15 is 0 Å². The maximum Gasteiger partial charge on any atom is 0.233 e. The van der Waals surface area contributed by atoms with Gasteiger partial charge < -0.3 is 9.42 Å². The van der Waals surface area contributed by atoms with Gasteiger partial charge in [-0.3, -0.25) is 4.79 Å². The predicted octanol–water partition coefficient (Wildman–Crippen LogP) is 3.75. The maximum atomic E-state index is 12.2. The highest BCUT2D eigenvalue weighted by molar-refractivity contribution is 7.13. The number of benzene rings is 1. The Morgan fingerprint density at radius 1 is 1.20 bits per heavy atom. The second-order valence-electron chi connectivity index (χ2n) is 6.27. The second kappa shape index (κ2) is 7.19. The number of hydrogen-bond acceptors (Lipinski definition) is 5. The smallest absolute Gasteiger partial charge is 0.233 e. The largest absolute Gasteiger partial charge is 0.341 e. The number of aryl methyl sites for hydroxylation is 1. The lowest BCUT2D eigenvalue weighted by Crippen LogP contribution is -2.48. The molecular weight excluding hydrogens is 334 g/mol. The van der Waals surface area contributed by atoms with Gasteiger partial charge in [0.15, 0.2) is 0 Å². The highest BCUT2D eigenvalue weighted by Gasteiger charge is 2.35. The summed E-state index contributed by atoms with van der Waals surface area (Å²) >= 11 is 1.59. The topological polar surface area (TPSA) is 59.2 Å². The van der Waals surface area contributed by atoms with Gasteiger partial charge in [0.2, 0.25) is 17.6 Å². The summed E-state index contributed by atoms with van der Waals surface area (Å²) < 4.78 is 5.37. The van der Waals surface area contributed by atoms with Gasteiger partial charge in [0, 0.05) is 19.5 Å². The van der Waals surface area contributed by atoms with Crippen molar-refractivity contribution in [1.82, 2.24) is 15.0 Å². The third-order valence-electron chi connectivity index (χ3n) is 4.47. The highest BCUT2D eigenvalue weighted by Crippen LogP contribution is 2.29. The highest BCUT2D eigenvalue weighted by atomic mass is 32.1. The molecule has 0 bridgehead atoms. The van der Waals surface area contributed by atoms with E-state index in [-0.39, 0.29) is 11.8 Å². The zero-order chi connectivity index (χ0) is 17.1. The van der Waals surface area contributed by atoms with Gasteiger partial charge in [0.25, 0.3) is 0 Å². The van der Waals surface area contributed by atoms with E-state index in [4.69, 9.17) is 4.52 Å². The van der Waals surface area contributed by atoms with Crippen molar-refractivity contribution >= 4 is 17.2 Å². The van der Waals surface area contributed by atoms with Crippen LogP contribution in [0, 0.1) is 0 Å². The van der Waals surface area contributed by atoms with Crippen molar-refractivity contribution in [3.63, 3.8) is 0 Å². The Balaban J connectivity index is 1.24. The number of likely N-dealkylation sites (tertiary alicyclic amines) is 1. The van der Waals surface area contributed by atoms with Gasteiger partial charge in [-0.2, -0.15) is 4.98 Å². The van der Waals surface area contributed by atoms with E-state index < -0.39 is 0 Å². The molecule has 4 rings (SSSR count). The molecule has 5 nitrogen and oxygen atoms in total. The number of rotatable bonds is 6. The van der Waals surface area contributed by atoms with E-state index in [0.29, 0.717) is 31.2 Å². The first kappa shape index (κ1) is 16.0. The van der Waals surface area contributed by atoms with Gasteiger partial charge >= 0.3 is 0 Å². The fraction of sp³-hybridized carbons (Fsp3) is 0.316. The van der Waals surface area contributed by atoms with Crippen molar-refractivity contribution in [2.24, 2.45) is 0 Å². The first-order valence-electron chi connectivity index (χ1n) is 8.49. The summed E-state index contributed by atoms with van der Waals surface area (Å²) in [6.07, 6.45) is 2.41. The van der Waals surface area contributed by atoms with E-state index in [1.165, 1.54) is 5.56 Å². The van der Waals surface area contributed by atoms with Crippen LogP contribution in [-0.2, 0) is 11.2 Å². The van der Waals surface area contributed by atoms with Gasteiger partial charge in [0.1, 0.15) is 0 Å². The maximum absolute atomic E-state index is 12.2. The molecule has 0 unspecified atom stereocenters. The second-order valence-corrected chi connectivity index (χ2v) is 7.22. The van der Waals surface area contributed by atoms with Gasteiger partial charge in [-0.05, 0) is 29.9 Å². The zero-order valence-corrected chi connectivity index (χ0v) is 14.6. The molecule has 0 aliphatic carbocycles. The monoisotopic (exact) mass is 353 g/mol. The van der Waals surface area contributed by atoms with Crippen molar-refractivity contribution < 1.29 is 9.32 Å². The molecule has 0 spiro atoms. The van der Waals surface area contributed by atoms with Gasteiger partial charge in [0.05, 0.1) is 10.8 Å². The number of thiophene rings is 1. The van der Waals surface area contributed by atoms with Crippen LogP contribution in [0.3, 0.4) is 0 Å². The molecule has 3 aromatic rings. The molecular formula is C19H19N3O2S. The molecule has 0 N–H and O–H groups in total. The third-order valence-corrected chi connectivity index (χ3v) is 5.33. The average molecular weight is 353 g/mol. The van der Waals surface area contributed by atoms with Crippen LogP contribution in [-0.4, -0.2) is 34.0 Å². The van der Waals surface area contributed by atoms with Crippen LogP contribution in [0.4, 0.5) is 0 Å². The molecule has 1 aliphatic rings. The first-order chi connectivity index (χ1) is 12.3. The molecule has 6 heteroatoms. The molecule has 25 heavy (non-hydrogen) atoms. The fourth-order valence-electron chi connectivity index (χ4n) is 2.99. The van der Waals surface area contributed by atoms with Crippen molar-refractivity contribution in [2.45, 2.75) is 25.2 Å². The Hall–Kier alpha value is -2.47. The summed E-state index contributed by atoms with van der Waals surface area (Å²) in [5.41, 5.74) is 1.28. The summed E-state index contributed by atoms with van der Waals surface area (Å²) in [4.78, 5) is 19.6. The van der Waals surface area contributed by atoms with E-state index in [1.807, 2.05) is 40.6 Å². The van der Waals surface area contributed by atoms with Gasteiger partial charge in [-0.25, -0.2) is 0 Å². The Bertz CT molecular complexity index is 823. The molecule has 1 aromatic carbocycles. The van der Waals surface area contributed by atoms with Crippen LogP contribution in [0.15, 0.2) is 52.4 Å². The molecule has 0 radical (unpaired) electrons. The van der Waals surface area contributed by atoms with Crippen molar-refractivity contribution in [3.8, 4) is 10.7 Å². The lowest BCUT2D eigenvalue weighted by Gasteiger charge is -2.37. The Labute approximate surface area is 150 Å². The minimum absolute atomic E-state index is 0.166. The lowest BCUT2D eigenvalue weighted by molar-refractivity contribution is -0.136. The van der Waals surface area contributed by atoms with E-state index in [9.17, 15) is 4.79 Å². The summed E-state index contributed by atoms with van der Waals surface area (Å²) in [6.45, 7) is 1.35. The molecule has 0 saturated carbocycles. The molecule has 1 fully saturated rings. The quantitative estimate of drug-likeness (QED) is 0.677. The first-order valence-corrected chi connectivity index (χ1v) is 9.37. The molecule has 0 atom stereocenters. The van der Waals surface area contributed by atoms with Gasteiger partial charge in [-0.15, -0.1) is 11.3 Å². The predicted molar refractivity (Wildman–Crippen MR) is 96.3 cm³/mol. The fourth-order valence-corrected chi connectivity index (χ4v) is 3.64.